The van der Waals surface area contributed by atoms with Gasteiger partial charge in [0.1, 0.15) is 5.82 Å². The van der Waals surface area contributed by atoms with Gasteiger partial charge in [0.25, 0.3) is 5.91 Å². The molecule has 8 heteroatoms. The summed E-state index contributed by atoms with van der Waals surface area (Å²) in [4.78, 5) is 36.2. The number of halogens is 1. The largest absolute Gasteiger partial charge is 0.452 e. The zero-order valence-electron chi connectivity index (χ0n) is 14.7. The Balaban J connectivity index is 1.92. The van der Waals surface area contributed by atoms with Crippen molar-refractivity contribution in [2.24, 2.45) is 0 Å². The van der Waals surface area contributed by atoms with Gasteiger partial charge in [-0.1, -0.05) is 12.1 Å². The van der Waals surface area contributed by atoms with Crippen LogP contribution in [0.1, 0.15) is 17.3 Å². The van der Waals surface area contributed by atoms with E-state index in [0.29, 0.717) is 17.1 Å². The van der Waals surface area contributed by atoms with Crippen molar-refractivity contribution in [3.8, 4) is 0 Å². The van der Waals surface area contributed by atoms with Gasteiger partial charge in [0.15, 0.2) is 6.61 Å². The molecule has 2 N–H and O–H groups in total. The van der Waals surface area contributed by atoms with Gasteiger partial charge in [-0.25, -0.2) is 9.18 Å². The molecule has 0 saturated heterocycles. The third-order valence-corrected chi connectivity index (χ3v) is 4.38. The lowest BCUT2D eigenvalue weighted by atomic mass is 10.2. The van der Waals surface area contributed by atoms with E-state index in [9.17, 15) is 18.8 Å². The quantitative estimate of drug-likeness (QED) is 0.535. The summed E-state index contributed by atoms with van der Waals surface area (Å²) in [6.45, 7) is 1.85. The number of anilines is 1. The Morgan fingerprint density at radius 2 is 1.74 bits per heavy atom. The number of carbonyl (C=O) groups excluding carboxylic acids is 3. The van der Waals surface area contributed by atoms with Crippen LogP contribution in [0.5, 0.6) is 0 Å². The van der Waals surface area contributed by atoms with Gasteiger partial charge in [0.2, 0.25) is 5.91 Å². The molecule has 0 bridgehead atoms. The van der Waals surface area contributed by atoms with Crippen molar-refractivity contribution >= 4 is 35.2 Å². The Kier molecular flexibility index (Phi) is 7.81. The fraction of sp³-hybridized carbons (Fsp3) is 0.211. The van der Waals surface area contributed by atoms with E-state index in [0.717, 1.165) is 11.8 Å². The highest BCUT2D eigenvalue weighted by Gasteiger charge is 2.15. The standard InChI is InChI=1S/C19H19FN2O4S/c1-2-21-17(23)11-26-19(25)15-5-3-4-6-16(15)27-12-18(24)22-14-9-7-13(20)8-10-14/h3-10H,2,11-12H2,1H3,(H,21,23)(H,22,24). The lowest BCUT2D eigenvalue weighted by molar-refractivity contribution is -0.124. The summed E-state index contributed by atoms with van der Waals surface area (Å²) >= 11 is 1.16. The summed E-state index contributed by atoms with van der Waals surface area (Å²) in [5.74, 6) is -1.64. The SMILES string of the molecule is CCNC(=O)COC(=O)c1ccccc1SCC(=O)Nc1ccc(F)cc1. The number of benzene rings is 2. The predicted octanol–water partition coefficient (Wildman–Crippen LogP) is 2.85. The minimum atomic E-state index is -0.636. The Bertz CT molecular complexity index is 812. The van der Waals surface area contributed by atoms with E-state index in [-0.39, 0.29) is 35.6 Å². The van der Waals surface area contributed by atoms with Gasteiger partial charge in [0, 0.05) is 17.1 Å². The van der Waals surface area contributed by atoms with E-state index < -0.39 is 5.97 Å². The van der Waals surface area contributed by atoms with Crippen LogP contribution in [0.4, 0.5) is 10.1 Å². The van der Waals surface area contributed by atoms with Crippen molar-refractivity contribution in [3.63, 3.8) is 0 Å². The number of likely N-dealkylation sites (N-methyl/N-ethyl adjacent to an activating group) is 1. The molecular formula is C19H19FN2O4S. The molecule has 27 heavy (non-hydrogen) atoms. The van der Waals surface area contributed by atoms with Crippen molar-refractivity contribution in [1.29, 1.82) is 0 Å². The van der Waals surface area contributed by atoms with Crippen LogP contribution in [-0.4, -0.2) is 36.7 Å². The lowest BCUT2D eigenvalue weighted by Gasteiger charge is -2.10. The summed E-state index contributed by atoms with van der Waals surface area (Å²) in [5.41, 5.74) is 0.762. The molecule has 0 radical (unpaired) electrons. The predicted molar refractivity (Wildman–Crippen MR) is 101 cm³/mol. The molecule has 142 valence electrons. The van der Waals surface area contributed by atoms with E-state index >= 15 is 0 Å². The van der Waals surface area contributed by atoms with Crippen molar-refractivity contribution in [3.05, 3.63) is 59.9 Å². The molecule has 0 aliphatic rings. The molecule has 2 aromatic carbocycles. The highest BCUT2D eigenvalue weighted by molar-refractivity contribution is 8.00. The van der Waals surface area contributed by atoms with Gasteiger partial charge in [-0.05, 0) is 43.3 Å². The van der Waals surface area contributed by atoms with Gasteiger partial charge in [0.05, 0.1) is 11.3 Å². The first-order chi connectivity index (χ1) is 13.0. The number of amides is 2. The second-order valence-electron chi connectivity index (χ2n) is 5.37. The topological polar surface area (TPSA) is 84.5 Å². The van der Waals surface area contributed by atoms with Crippen LogP contribution in [-0.2, 0) is 14.3 Å². The lowest BCUT2D eigenvalue weighted by Crippen LogP contribution is -2.28. The van der Waals surface area contributed by atoms with Gasteiger partial charge < -0.3 is 15.4 Å². The third-order valence-electron chi connectivity index (χ3n) is 3.30. The summed E-state index contributed by atoms with van der Waals surface area (Å²) < 4.78 is 17.9. The number of carbonyl (C=O) groups is 3. The van der Waals surface area contributed by atoms with Crippen molar-refractivity contribution < 1.29 is 23.5 Å². The molecule has 0 spiro atoms. The van der Waals surface area contributed by atoms with Crippen LogP contribution >= 0.6 is 11.8 Å². The maximum Gasteiger partial charge on any atom is 0.339 e. The van der Waals surface area contributed by atoms with E-state index in [1.165, 1.54) is 24.3 Å². The molecular weight excluding hydrogens is 371 g/mol. The molecule has 0 aromatic heterocycles. The normalized spacial score (nSPS) is 10.1. The van der Waals surface area contributed by atoms with Crippen LogP contribution < -0.4 is 10.6 Å². The number of rotatable bonds is 8. The van der Waals surface area contributed by atoms with Crippen LogP contribution in [0.2, 0.25) is 0 Å². The first-order valence-corrected chi connectivity index (χ1v) is 9.19. The monoisotopic (exact) mass is 390 g/mol. The van der Waals surface area contributed by atoms with Crippen LogP contribution in [0.3, 0.4) is 0 Å². The zero-order valence-corrected chi connectivity index (χ0v) is 15.5. The molecule has 0 aliphatic heterocycles. The van der Waals surface area contributed by atoms with E-state index in [2.05, 4.69) is 10.6 Å². The fourth-order valence-electron chi connectivity index (χ4n) is 2.09. The molecule has 0 saturated carbocycles. The molecule has 0 heterocycles. The Hall–Kier alpha value is -2.87. The zero-order chi connectivity index (χ0) is 19.6. The summed E-state index contributed by atoms with van der Waals surface area (Å²) in [6, 6.07) is 12.1. The maximum atomic E-state index is 12.9. The van der Waals surface area contributed by atoms with E-state index in [1.54, 1.807) is 31.2 Å². The smallest absolute Gasteiger partial charge is 0.339 e. The maximum absolute atomic E-state index is 12.9. The number of esters is 1. The minimum Gasteiger partial charge on any atom is -0.452 e. The molecule has 0 fully saturated rings. The number of nitrogens with one attached hydrogen (secondary N) is 2. The molecule has 2 amide bonds. The van der Waals surface area contributed by atoms with Gasteiger partial charge in [-0.2, -0.15) is 0 Å². The van der Waals surface area contributed by atoms with Crippen molar-refractivity contribution in [2.45, 2.75) is 11.8 Å². The second kappa shape index (κ2) is 10.3. The average Bonchev–Trinajstić information content (AvgIpc) is 2.67. The summed E-state index contributed by atoms with van der Waals surface area (Å²) in [6.07, 6.45) is 0. The second-order valence-corrected chi connectivity index (χ2v) is 6.39. The number of hydrogen-bond donors (Lipinski definition) is 2. The third kappa shape index (κ3) is 6.74. The minimum absolute atomic E-state index is 0.0536. The summed E-state index contributed by atoms with van der Waals surface area (Å²) in [5, 5.41) is 5.18. The highest BCUT2D eigenvalue weighted by atomic mass is 32.2. The molecule has 0 unspecified atom stereocenters. The van der Waals surface area contributed by atoms with Crippen LogP contribution in [0.15, 0.2) is 53.4 Å². The Labute approximate surface area is 160 Å². The number of hydrogen-bond acceptors (Lipinski definition) is 5. The fourth-order valence-corrected chi connectivity index (χ4v) is 2.93. The van der Waals surface area contributed by atoms with Gasteiger partial charge in [-0.15, -0.1) is 11.8 Å². The molecule has 2 aromatic rings. The molecule has 0 atom stereocenters. The highest BCUT2D eigenvalue weighted by Crippen LogP contribution is 2.23. The average molecular weight is 390 g/mol. The molecule has 0 aliphatic carbocycles. The van der Waals surface area contributed by atoms with Crippen LogP contribution in [0, 0.1) is 5.82 Å². The number of thioether (sulfide) groups is 1. The molecule has 6 nitrogen and oxygen atoms in total. The van der Waals surface area contributed by atoms with Crippen LogP contribution in [0.25, 0.3) is 0 Å². The number of ether oxygens (including phenoxy) is 1. The van der Waals surface area contributed by atoms with Crippen molar-refractivity contribution in [2.75, 3.05) is 24.2 Å². The first-order valence-electron chi connectivity index (χ1n) is 8.20. The molecule has 2 rings (SSSR count). The van der Waals surface area contributed by atoms with E-state index in [1.807, 2.05) is 0 Å². The Morgan fingerprint density at radius 3 is 2.44 bits per heavy atom. The summed E-state index contributed by atoms with van der Waals surface area (Å²) in [7, 11) is 0. The van der Waals surface area contributed by atoms with E-state index in [4.69, 9.17) is 4.74 Å². The van der Waals surface area contributed by atoms with Crippen molar-refractivity contribution in [1.82, 2.24) is 5.32 Å². The van der Waals surface area contributed by atoms with Gasteiger partial charge >= 0.3 is 5.97 Å². The first kappa shape index (κ1) is 20.4. The van der Waals surface area contributed by atoms with Gasteiger partial charge in [-0.3, -0.25) is 9.59 Å². The Morgan fingerprint density at radius 1 is 1.04 bits per heavy atom.